The van der Waals surface area contributed by atoms with Gasteiger partial charge in [-0.25, -0.2) is 8.78 Å². The van der Waals surface area contributed by atoms with Gasteiger partial charge in [-0.05, 0) is 48.9 Å². The van der Waals surface area contributed by atoms with Crippen molar-refractivity contribution in [3.63, 3.8) is 0 Å². The molecule has 2 atom stereocenters. The molecule has 1 saturated carbocycles. The minimum absolute atomic E-state index is 0.0271. The van der Waals surface area contributed by atoms with Gasteiger partial charge in [-0.1, -0.05) is 0 Å². The topological polar surface area (TPSA) is 20.2 Å². The molecular weight excluding hydrogens is 186 g/mol. The van der Waals surface area contributed by atoms with E-state index < -0.39 is 5.82 Å². The maximum atomic E-state index is 13.3. The molecule has 0 aromatic heterocycles. The van der Waals surface area contributed by atoms with Gasteiger partial charge in [0.05, 0.1) is 6.10 Å². The van der Waals surface area contributed by atoms with Crippen molar-refractivity contribution in [2.45, 2.75) is 31.3 Å². The lowest BCUT2D eigenvalue weighted by atomic mass is 9.97. The first-order valence-corrected chi connectivity index (χ1v) is 4.80. The van der Waals surface area contributed by atoms with E-state index in [2.05, 4.69) is 0 Å². The molecule has 0 bridgehead atoms. The Morgan fingerprint density at radius 2 is 2.00 bits per heavy atom. The standard InChI is InChI=1S/C11H12F2O/c12-8-2-4-11(13)10(6-8)7-1-3-9(14)5-7/h2,4,6-7,9,14H,1,3,5H2. The molecule has 0 aliphatic heterocycles. The lowest BCUT2D eigenvalue weighted by molar-refractivity contribution is 0.181. The van der Waals surface area contributed by atoms with Crippen molar-refractivity contribution in [2.24, 2.45) is 0 Å². The SMILES string of the molecule is OC1CCC(c2cc(F)ccc2F)C1. The summed E-state index contributed by atoms with van der Waals surface area (Å²) in [6.45, 7) is 0. The van der Waals surface area contributed by atoms with Crippen molar-refractivity contribution in [1.82, 2.24) is 0 Å². The van der Waals surface area contributed by atoms with E-state index in [0.717, 1.165) is 18.6 Å². The van der Waals surface area contributed by atoms with Gasteiger partial charge in [0, 0.05) is 0 Å². The zero-order valence-corrected chi connectivity index (χ0v) is 7.71. The fourth-order valence-corrected chi connectivity index (χ4v) is 2.07. The zero-order chi connectivity index (χ0) is 10.1. The molecule has 1 aliphatic carbocycles. The molecule has 1 aromatic carbocycles. The fraction of sp³-hybridized carbons (Fsp3) is 0.455. The van der Waals surface area contributed by atoms with Crippen molar-refractivity contribution in [2.75, 3.05) is 0 Å². The van der Waals surface area contributed by atoms with Crippen LogP contribution in [0.3, 0.4) is 0 Å². The Morgan fingerprint density at radius 3 is 2.64 bits per heavy atom. The van der Waals surface area contributed by atoms with Crippen molar-refractivity contribution < 1.29 is 13.9 Å². The molecule has 0 radical (unpaired) electrons. The number of aliphatic hydroxyl groups excluding tert-OH is 1. The molecule has 2 unspecified atom stereocenters. The number of halogens is 2. The van der Waals surface area contributed by atoms with E-state index in [0.29, 0.717) is 18.4 Å². The average molecular weight is 198 g/mol. The van der Waals surface area contributed by atoms with Crippen LogP contribution in [0.2, 0.25) is 0 Å². The van der Waals surface area contributed by atoms with Gasteiger partial charge in [-0.2, -0.15) is 0 Å². The third-order valence-electron chi connectivity index (χ3n) is 2.80. The molecule has 1 fully saturated rings. The second-order valence-corrected chi connectivity index (χ2v) is 3.83. The average Bonchev–Trinajstić information content (AvgIpc) is 2.56. The van der Waals surface area contributed by atoms with Crippen LogP contribution in [-0.2, 0) is 0 Å². The normalized spacial score (nSPS) is 26.8. The summed E-state index contributed by atoms with van der Waals surface area (Å²) < 4.78 is 26.2. The first-order valence-electron chi connectivity index (χ1n) is 4.80. The Labute approximate surface area is 81.4 Å². The minimum Gasteiger partial charge on any atom is -0.393 e. The maximum absolute atomic E-state index is 13.3. The molecule has 0 saturated heterocycles. The van der Waals surface area contributed by atoms with E-state index in [1.165, 1.54) is 6.07 Å². The summed E-state index contributed by atoms with van der Waals surface area (Å²) in [6.07, 6.45) is 1.60. The highest BCUT2D eigenvalue weighted by Gasteiger charge is 2.26. The predicted octanol–water partition coefficient (Wildman–Crippen LogP) is 2.59. The van der Waals surface area contributed by atoms with Crippen LogP contribution < -0.4 is 0 Å². The van der Waals surface area contributed by atoms with Gasteiger partial charge in [0.2, 0.25) is 0 Å². The van der Waals surface area contributed by atoms with Crippen molar-refractivity contribution in [3.05, 3.63) is 35.4 Å². The Bertz CT molecular complexity index is 338. The van der Waals surface area contributed by atoms with Crippen LogP contribution in [0, 0.1) is 11.6 Å². The molecule has 0 amide bonds. The van der Waals surface area contributed by atoms with E-state index in [9.17, 15) is 13.9 Å². The van der Waals surface area contributed by atoms with E-state index in [1.807, 2.05) is 0 Å². The summed E-state index contributed by atoms with van der Waals surface area (Å²) in [5.74, 6) is -0.811. The number of rotatable bonds is 1. The molecule has 1 nitrogen and oxygen atoms in total. The molecule has 1 aliphatic rings. The summed E-state index contributed by atoms with van der Waals surface area (Å²) >= 11 is 0. The molecule has 3 heteroatoms. The van der Waals surface area contributed by atoms with E-state index in [4.69, 9.17) is 0 Å². The van der Waals surface area contributed by atoms with Crippen LogP contribution >= 0.6 is 0 Å². The first kappa shape index (κ1) is 9.59. The predicted molar refractivity (Wildman–Crippen MR) is 49.0 cm³/mol. The van der Waals surface area contributed by atoms with E-state index >= 15 is 0 Å². The van der Waals surface area contributed by atoms with Gasteiger partial charge in [0.15, 0.2) is 0 Å². The van der Waals surface area contributed by atoms with Crippen molar-refractivity contribution >= 4 is 0 Å². The Hall–Kier alpha value is -0.960. The van der Waals surface area contributed by atoms with Gasteiger partial charge in [0.1, 0.15) is 11.6 Å². The molecule has 1 N–H and O–H groups in total. The first-order chi connectivity index (χ1) is 6.66. The Balaban J connectivity index is 2.27. The van der Waals surface area contributed by atoms with Gasteiger partial charge in [0.25, 0.3) is 0 Å². The van der Waals surface area contributed by atoms with Crippen LogP contribution in [-0.4, -0.2) is 11.2 Å². The second kappa shape index (κ2) is 3.65. The molecule has 14 heavy (non-hydrogen) atoms. The summed E-state index contributed by atoms with van der Waals surface area (Å²) in [7, 11) is 0. The highest BCUT2D eigenvalue weighted by Crippen LogP contribution is 2.35. The molecule has 2 rings (SSSR count). The van der Waals surface area contributed by atoms with E-state index in [1.54, 1.807) is 0 Å². The van der Waals surface area contributed by atoms with Gasteiger partial charge in [-0.3, -0.25) is 0 Å². The van der Waals surface area contributed by atoms with Crippen LogP contribution in [0.15, 0.2) is 18.2 Å². The number of aliphatic hydroxyl groups is 1. The monoisotopic (exact) mass is 198 g/mol. The maximum Gasteiger partial charge on any atom is 0.126 e. The summed E-state index contributed by atoms with van der Waals surface area (Å²) in [5.41, 5.74) is 0.404. The highest BCUT2D eigenvalue weighted by molar-refractivity contribution is 5.23. The van der Waals surface area contributed by atoms with Gasteiger partial charge >= 0.3 is 0 Å². The highest BCUT2D eigenvalue weighted by atomic mass is 19.1. The molecule has 76 valence electrons. The lowest BCUT2D eigenvalue weighted by Crippen LogP contribution is -2.01. The Morgan fingerprint density at radius 1 is 1.21 bits per heavy atom. The van der Waals surface area contributed by atoms with Crippen LogP contribution in [0.5, 0.6) is 0 Å². The Kier molecular flexibility index (Phi) is 2.50. The molecule has 0 heterocycles. The molecule has 1 aromatic rings. The summed E-state index contributed by atoms with van der Waals surface area (Å²) in [4.78, 5) is 0. The third-order valence-corrected chi connectivity index (χ3v) is 2.80. The number of benzene rings is 1. The number of hydrogen-bond donors (Lipinski definition) is 1. The third kappa shape index (κ3) is 1.77. The minimum atomic E-state index is -0.414. The summed E-state index contributed by atoms with van der Waals surface area (Å²) in [5, 5.41) is 9.30. The van der Waals surface area contributed by atoms with Crippen molar-refractivity contribution in [1.29, 1.82) is 0 Å². The van der Waals surface area contributed by atoms with Crippen LogP contribution in [0.1, 0.15) is 30.7 Å². The molecular formula is C11H12F2O. The van der Waals surface area contributed by atoms with Gasteiger partial charge in [-0.15, -0.1) is 0 Å². The van der Waals surface area contributed by atoms with Crippen molar-refractivity contribution in [3.8, 4) is 0 Å². The summed E-state index contributed by atoms with van der Waals surface area (Å²) in [6, 6.07) is 3.50. The second-order valence-electron chi connectivity index (χ2n) is 3.83. The smallest absolute Gasteiger partial charge is 0.126 e. The molecule has 0 spiro atoms. The lowest BCUT2D eigenvalue weighted by Gasteiger charge is -2.10. The van der Waals surface area contributed by atoms with E-state index in [-0.39, 0.29) is 17.8 Å². The quantitative estimate of drug-likeness (QED) is 0.735. The zero-order valence-electron chi connectivity index (χ0n) is 7.71. The van der Waals surface area contributed by atoms with Gasteiger partial charge < -0.3 is 5.11 Å². The fourth-order valence-electron chi connectivity index (χ4n) is 2.07. The largest absolute Gasteiger partial charge is 0.393 e. The number of hydrogen-bond acceptors (Lipinski definition) is 1. The van der Waals surface area contributed by atoms with Crippen LogP contribution in [0.4, 0.5) is 8.78 Å². The van der Waals surface area contributed by atoms with Crippen LogP contribution in [0.25, 0.3) is 0 Å².